The molecular formula is C22H17Cl2N3O3. The number of hydrazone groups is 1. The molecule has 3 aromatic carbocycles. The van der Waals surface area contributed by atoms with Gasteiger partial charge in [0.25, 0.3) is 0 Å². The molecule has 0 heterocycles. The Labute approximate surface area is 183 Å². The summed E-state index contributed by atoms with van der Waals surface area (Å²) < 4.78 is 5.68. The lowest BCUT2D eigenvalue weighted by molar-refractivity contribution is -0.136. The van der Waals surface area contributed by atoms with Crippen LogP contribution in [0.15, 0.2) is 77.9 Å². The van der Waals surface area contributed by atoms with E-state index in [1.54, 1.807) is 42.5 Å². The van der Waals surface area contributed by atoms with Crippen LogP contribution in [0.3, 0.4) is 0 Å². The normalized spacial score (nSPS) is 10.6. The molecular weight excluding hydrogens is 425 g/mol. The second-order valence-electron chi connectivity index (χ2n) is 6.09. The molecule has 0 aromatic heterocycles. The second-order valence-corrected chi connectivity index (χ2v) is 6.88. The molecule has 3 rings (SSSR count). The van der Waals surface area contributed by atoms with Crippen molar-refractivity contribution in [3.8, 4) is 5.75 Å². The molecule has 0 radical (unpaired) electrons. The van der Waals surface area contributed by atoms with Crippen LogP contribution in [0.25, 0.3) is 0 Å². The van der Waals surface area contributed by atoms with E-state index in [-0.39, 0.29) is 0 Å². The molecule has 2 amide bonds. The van der Waals surface area contributed by atoms with Crippen molar-refractivity contribution >= 4 is 46.9 Å². The van der Waals surface area contributed by atoms with E-state index < -0.39 is 11.8 Å². The van der Waals surface area contributed by atoms with Crippen LogP contribution >= 0.6 is 23.2 Å². The van der Waals surface area contributed by atoms with Crippen molar-refractivity contribution in [3.63, 3.8) is 0 Å². The fourth-order valence-electron chi connectivity index (χ4n) is 2.39. The maximum atomic E-state index is 12.0. The lowest BCUT2D eigenvalue weighted by Gasteiger charge is -2.08. The summed E-state index contributed by atoms with van der Waals surface area (Å²) in [7, 11) is 0. The molecule has 0 unspecified atom stereocenters. The highest BCUT2D eigenvalue weighted by atomic mass is 35.5. The molecule has 152 valence electrons. The third kappa shape index (κ3) is 6.07. The number of amides is 2. The molecule has 30 heavy (non-hydrogen) atoms. The van der Waals surface area contributed by atoms with Crippen LogP contribution in [0.2, 0.25) is 10.0 Å². The number of carbonyl (C=O) groups is 2. The van der Waals surface area contributed by atoms with Crippen molar-refractivity contribution in [2.45, 2.75) is 6.61 Å². The summed E-state index contributed by atoms with van der Waals surface area (Å²) in [5.74, 6) is -1.14. The molecule has 0 aliphatic rings. The highest BCUT2D eigenvalue weighted by molar-refractivity contribution is 6.43. The Hall–Kier alpha value is -3.35. The highest BCUT2D eigenvalue weighted by Crippen LogP contribution is 2.24. The first-order valence-electron chi connectivity index (χ1n) is 8.88. The average molecular weight is 442 g/mol. The monoisotopic (exact) mass is 441 g/mol. The quantitative estimate of drug-likeness (QED) is 0.331. The number of anilines is 1. The fraction of sp³-hybridized carbons (Fsp3) is 0.0455. The van der Waals surface area contributed by atoms with E-state index in [2.05, 4.69) is 15.8 Å². The van der Waals surface area contributed by atoms with Crippen molar-refractivity contribution in [3.05, 3.63) is 94.0 Å². The predicted octanol–water partition coefficient (Wildman–Crippen LogP) is 4.66. The largest absolute Gasteiger partial charge is 0.489 e. The lowest BCUT2D eigenvalue weighted by Crippen LogP contribution is -2.32. The molecule has 0 aliphatic heterocycles. The molecule has 2 N–H and O–H groups in total. The molecule has 0 spiro atoms. The molecule has 0 saturated heterocycles. The Morgan fingerprint density at radius 2 is 1.63 bits per heavy atom. The molecule has 0 aliphatic carbocycles. The Morgan fingerprint density at radius 1 is 0.900 bits per heavy atom. The van der Waals surface area contributed by atoms with E-state index in [0.717, 1.165) is 5.56 Å². The minimum absolute atomic E-state index is 0.302. The number of hydrogen-bond acceptors (Lipinski definition) is 4. The number of rotatable bonds is 6. The van der Waals surface area contributed by atoms with E-state index in [0.29, 0.717) is 33.7 Å². The molecule has 3 aromatic rings. The topological polar surface area (TPSA) is 79.8 Å². The van der Waals surface area contributed by atoms with Crippen LogP contribution in [-0.2, 0) is 16.2 Å². The van der Waals surface area contributed by atoms with Crippen molar-refractivity contribution in [2.75, 3.05) is 5.32 Å². The zero-order chi connectivity index (χ0) is 21.3. The first kappa shape index (κ1) is 21.4. The van der Waals surface area contributed by atoms with Gasteiger partial charge in [-0.3, -0.25) is 9.59 Å². The van der Waals surface area contributed by atoms with E-state index >= 15 is 0 Å². The summed E-state index contributed by atoms with van der Waals surface area (Å²) in [6.07, 6.45) is 1.30. The molecule has 8 heteroatoms. The summed E-state index contributed by atoms with van der Waals surface area (Å²) in [5.41, 5.74) is 4.15. The van der Waals surface area contributed by atoms with Gasteiger partial charge in [0.1, 0.15) is 12.4 Å². The standard InChI is InChI=1S/C22H17Cl2N3O3/c23-19-8-4-7-16(20(19)24)13-25-27-22(29)21(28)26-17-9-11-18(12-10-17)30-14-15-5-2-1-3-6-15/h1-13H,14H2,(H,26,28)(H,27,29)/b25-13-. The van der Waals surface area contributed by atoms with Gasteiger partial charge in [-0.1, -0.05) is 65.7 Å². The van der Waals surface area contributed by atoms with Gasteiger partial charge in [0, 0.05) is 11.3 Å². The number of ether oxygens (including phenoxy) is 1. The van der Waals surface area contributed by atoms with E-state index in [1.165, 1.54) is 6.21 Å². The van der Waals surface area contributed by atoms with Crippen molar-refractivity contribution in [1.29, 1.82) is 0 Å². The van der Waals surface area contributed by atoms with E-state index in [1.807, 2.05) is 30.3 Å². The van der Waals surface area contributed by atoms with Crippen LogP contribution in [-0.4, -0.2) is 18.0 Å². The summed E-state index contributed by atoms with van der Waals surface area (Å²) >= 11 is 11.9. The van der Waals surface area contributed by atoms with Crippen molar-refractivity contribution < 1.29 is 14.3 Å². The molecule has 0 fully saturated rings. The Bertz CT molecular complexity index is 1050. The summed E-state index contributed by atoms with van der Waals surface area (Å²) in [6, 6.07) is 21.4. The van der Waals surface area contributed by atoms with Gasteiger partial charge < -0.3 is 10.1 Å². The Balaban J connectivity index is 1.49. The van der Waals surface area contributed by atoms with Crippen LogP contribution in [0.1, 0.15) is 11.1 Å². The summed E-state index contributed by atoms with van der Waals surface area (Å²) in [5, 5.41) is 6.87. The number of nitrogens with zero attached hydrogens (tertiary/aromatic N) is 1. The number of halogens is 2. The highest BCUT2D eigenvalue weighted by Gasteiger charge is 2.13. The van der Waals surface area contributed by atoms with Crippen molar-refractivity contribution in [2.24, 2.45) is 5.10 Å². The molecule has 0 saturated carbocycles. The van der Waals surface area contributed by atoms with Gasteiger partial charge in [0.05, 0.1) is 16.3 Å². The minimum atomic E-state index is -0.922. The molecule has 6 nitrogen and oxygen atoms in total. The fourth-order valence-corrected chi connectivity index (χ4v) is 2.75. The Kier molecular flexibility index (Phi) is 7.43. The minimum Gasteiger partial charge on any atom is -0.489 e. The van der Waals surface area contributed by atoms with Crippen LogP contribution < -0.4 is 15.5 Å². The van der Waals surface area contributed by atoms with Crippen LogP contribution in [0.5, 0.6) is 5.75 Å². The van der Waals surface area contributed by atoms with Crippen molar-refractivity contribution in [1.82, 2.24) is 5.43 Å². The smallest absolute Gasteiger partial charge is 0.329 e. The van der Waals surface area contributed by atoms with Gasteiger partial charge in [0.2, 0.25) is 0 Å². The van der Waals surface area contributed by atoms with E-state index in [4.69, 9.17) is 27.9 Å². The first-order chi connectivity index (χ1) is 14.5. The third-order valence-corrected chi connectivity index (χ3v) is 4.75. The van der Waals surface area contributed by atoms with Gasteiger partial charge in [-0.2, -0.15) is 5.10 Å². The maximum Gasteiger partial charge on any atom is 0.329 e. The molecule has 0 atom stereocenters. The Morgan fingerprint density at radius 3 is 2.37 bits per heavy atom. The van der Waals surface area contributed by atoms with Gasteiger partial charge in [-0.15, -0.1) is 0 Å². The lowest BCUT2D eigenvalue weighted by atomic mass is 10.2. The second kappa shape index (κ2) is 10.4. The first-order valence-corrected chi connectivity index (χ1v) is 9.64. The number of nitrogens with one attached hydrogen (secondary N) is 2. The summed E-state index contributed by atoms with van der Waals surface area (Å²) in [6.45, 7) is 0.434. The van der Waals surface area contributed by atoms with Crippen LogP contribution in [0.4, 0.5) is 5.69 Å². The van der Waals surface area contributed by atoms with Gasteiger partial charge >= 0.3 is 11.8 Å². The third-order valence-electron chi connectivity index (χ3n) is 3.92. The molecule has 0 bridgehead atoms. The SMILES string of the molecule is O=C(N/N=C\c1cccc(Cl)c1Cl)C(=O)Nc1ccc(OCc2ccccc2)cc1. The summed E-state index contributed by atoms with van der Waals surface area (Å²) in [4.78, 5) is 23.9. The van der Waals surface area contributed by atoms with Crippen LogP contribution in [0, 0.1) is 0 Å². The maximum absolute atomic E-state index is 12.0. The zero-order valence-electron chi connectivity index (χ0n) is 15.6. The van der Waals surface area contributed by atoms with Gasteiger partial charge in [0.15, 0.2) is 0 Å². The predicted molar refractivity (Wildman–Crippen MR) is 118 cm³/mol. The zero-order valence-corrected chi connectivity index (χ0v) is 17.2. The number of hydrogen-bond donors (Lipinski definition) is 2. The van der Waals surface area contributed by atoms with E-state index in [9.17, 15) is 9.59 Å². The number of benzene rings is 3. The average Bonchev–Trinajstić information content (AvgIpc) is 2.77. The van der Waals surface area contributed by atoms with Gasteiger partial charge in [-0.25, -0.2) is 5.43 Å². The van der Waals surface area contributed by atoms with Gasteiger partial charge in [-0.05, 0) is 35.9 Å². The number of carbonyl (C=O) groups excluding carboxylic acids is 2.